The van der Waals surface area contributed by atoms with Crippen molar-refractivity contribution in [2.75, 3.05) is 19.8 Å². The van der Waals surface area contributed by atoms with E-state index < -0.39 is 10.0 Å². The van der Waals surface area contributed by atoms with E-state index in [1.54, 1.807) is 25.6 Å². The number of rotatable bonds is 4. The molecule has 108 valence electrons. The number of hydrogen-bond acceptors (Lipinski definition) is 4. The normalized spacial score (nSPS) is 17.8. The van der Waals surface area contributed by atoms with Gasteiger partial charge in [-0.05, 0) is 32.6 Å². The van der Waals surface area contributed by atoms with Crippen LogP contribution in [0.15, 0.2) is 4.90 Å². The van der Waals surface area contributed by atoms with Crippen molar-refractivity contribution in [1.29, 1.82) is 0 Å². The summed E-state index contributed by atoms with van der Waals surface area (Å²) in [7, 11) is -1.72. The molecular formula is C12H21N3O3S. The first-order valence-electron chi connectivity index (χ1n) is 6.49. The van der Waals surface area contributed by atoms with Gasteiger partial charge in [0, 0.05) is 26.8 Å². The van der Waals surface area contributed by atoms with Gasteiger partial charge in [-0.25, -0.2) is 13.1 Å². The molecule has 0 aliphatic carbocycles. The van der Waals surface area contributed by atoms with Gasteiger partial charge in [0.1, 0.15) is 4.90 Å². The lowest BCUT2D eigenvalue weighted by Gasteiger charge is -2.22. The molecule has 6 nitrogen and oxygen atoms in total. The Morgan fingerprint density at radius 2 is 2.00 bits per heavy atom. The van der Waals surface area contributed by atoms with Gasteiger partial charge in [-0.1, -0.05) is 0 Å². The minimum absolute atomic E-state index is 0.307. The average molecular weight is 287 g/mol. The van der Waals surface area contributed by atoms with Crippen molar-refractivity contribution in [2.45, 2.75) is 31.6 Å². The van der Waals surface area contributed by atoms with Crippen LogP contribution in [0.4, 0.5) is 0 Å². The third-order valence-corrected chi connectivity index (χ3v) is 5.29. The predicted octanol–water partition coefficient (Wildman–Crippen LogP) is 0.742. The lowest BCUT2D eigenvalue weighted by Crippen LogP contribution is -2.32. The number of nitrogens with one attached hydrogen (secondary N) is 1. The molecule has 0 amide bonds. The van der Waals surface area contributed by atoms with Crippen LogP contribution in [0.2, 0.25) is 0 Å². The second-order valence-electron chi connectivity index (χ2n) is 5.03. The number of hydrogen-bond donors (Lipinski definition) is 1. The number of nitrogens with zero attached hydrogens (tertiary/aromatic N) is 2. The van der Waals surface area contributed by atoms with Crippen molar-refractivity contribution in [2.24, 2.45) is 13.0 Å². The first kappa shape index (κ1) is 14.5. The van der Waals surface area contributed by atoms with Gasteiger partial charge >= 0.3 is 0 Å². The zero-order chi connectivity index (χ0) is 14.0. The summed E-state index contributed by atoms with van der Waals surface area (Å²) in [5.41, 5.74) is 1.21. The van der Waals surface area contributed by atoms with Crippen LogP contribution in [-0.4, -0.2) is 38.0 Å². The fourth-order valence-corrected chi connectivity index (χ4v) is 3.94. The van der Waals surface area contributed by atoms with Crippen molar-refractivity contribution in [3.8, 4) is 0 Å². The number of aromatic nitrogens is 2. The van der Waals surface area contributed by atoms with Gasteiger partial charge < -0.3 is 4.74 Å². The number of ether oxygens (including phenoxy) is 1. The Kier molecular flexibility index (Phi) is 4.27. The van der Waals surface area contributed by atoms with Crippen molar-refractivity contribution < 1.29 is 13.2 Å². The Labute approximate surface area is 114 Å². The van der Waals surface area contributed by atoms with E-state index in [9.17, 15) is 8.42 Å². The summed E-state index contributed by atoms with van der Waals surface area (Å²) >= 11 is 0. The van der Waals surface area contributed by atoms with Crippen molar-refractivity contribution in [1.82, 2.24) is 14.5 Å². The van der Waals surface area contributed by atoms with Gasteiger partial charge in [0.05, 0.1) is 11.4 Å². The van der Waals surface area contributed by atoms with Crippen LogP contribution in [0.5, 0.6) is 0 Å². The molecular weight excluding hydrogens is 266 g/mol. The molecule has 2 heterocycles. The summed E-state index contributed by atoms with van der Waals surface area (Å²) in [5.74, 6) is 0.362. The third kappa shape index (κ3) is 3.16. The lowest BCUT2D eigenvalue weighted by molar-refractivity contribution is 0.0678. The Balaban J connectivity index is 2.09. The molecule has 0 radical (unpaired) electrons. The van der Waals surface area contributed by atoms with Crippen molar-refractivity contribution in [3.05, 3.63) is 11.4 Å². The summed E-state index contributed by atoms with van der Waals surface area (Å²) in [6.07, 6.45) is 1.82. The van der Waals surface area contributed by atoms with E-state index in [-0.39, 0.29) is 0 Å². The van der Waals surface area contributed by atoms with Gasteiger partial charge in [0.15, 0.2) is 0 Å². The second-order valence-corrected chi connectivity index (χ2v) is 6.73. The van der Waals surface area contributed by atoms with Gasteiger partial charge in [0.2, 0.25) is 10.0 Å². The molecule has 0 aromatic carbocycles. The molecule has 1 saturated heterocycles. The highest BCUT2D eigenvalue weighted by molar-refractivity contribution is 7.89. The maximum Gasteiger partial charge on any atom is 0.244 e. The van der Waals surface area contributed by atoms with E-state index in [4.69, 9.17) is 4.74 Å². The van der Waals surface area contributed by atoms with Crippen molar-refractivity contribution >= 4 is 10.0 Å². The number of sulfonamides is 1. The smallest absolute Gasteiger partial charge is 0.244 e. The molecule has 0 bridgehead atoms. The fraction of sp³-hybridized carbons (Fsp3) is 0.750. The SMILES string of the molecule is Cc1nn(C)c(C)c1S(=O)(=O)NCC1CCOCC1. The lowest BCUT2D eigenvalue weighted by atomic mass is 10.0. The van der Waals surface area contributed by atoms with E-state index in [1.165, 1.54) is 0 Å². The average Bonchev–Trinajstić information content (AvgIpc) is 2.63. The quantitative estimate of drug-likeness (QED) is 0.886. The third-order valence-electron chi connectivity index (χ3n) is 3.61. The maximum absolute atomic E-state index is 12.3. The monoisotopic (exact) mass is 287 g/mol. The Morgan fingerprint density at radius 3 is 2.53 bits per heavy atom. The molecule has 0 spiro atoms. The van der Waals surface area contributed by atoms with Crippen LogP contribution in [0.25, 0.3) is 0 Å². The van der Waals surface area contributed by atoms with Crippen LogP contribution >= 0.6 is 0 Å². The highest BCUT2D eigenvalue weighted by atomic mass is 32.2. The molecule has 2 rings (SSSR count). The standard InChI is InChI=1S/C12H21N3O3S/c1-9-12(10(2)15(3)14-9)19(16,17)13-8-11-4-6-18-7-5-11/h11,13H,4-8H2,1-3H3. The molecule has 0 atom stereocenters. The molecule has 0 unspecified atom stereocenters. The summed E-state index contributed by atoms with van der Waals surface area (Å²) < 4.78 is 34.2. The molecule has 1 aromatic rings. The van der Waals surface area contributed by atoms with E-state index in [1.807, 2.05) is 0 Å². The van der Waals surface area contributed by atoms with Gasteiger partial charge in [-0.3, -0.25) is 4.68 Å². The maximum atomic E-state index is 12.3. The van der Waals surface area contributed by atoms with E-state index >= 15 is 0 Å². The Morgan fingerprint density at radius 1 is 1.37 bits per heavy atom. The fourth-order valence-electron chi connectivity index (χ4n) is 2.39. The van der Waals surface area contributed by atoms with Crippen LogP contribution in [0.3, 0.4) is 0 Å². The minimum atomic E-state index is -3.47. The highest BCUT2D eigenvalue weighted by Crippen LogP contribution is 2.19. The molecule has 7 heteroatoms. The van der Waals surface area contributed by atoms with E-state index in [0.29, 0.717) is 28.7 Å². The number of aryl methyl sites for hydroxylation is 2. The largest absolute Gasteiger partial charge is 0.381 e. The molecule has 1 aromatic heterocycles. The van der Waals surface area contributed by atoms with Crippen LogP contribution in [0.1, 0.15) is 24.2 Å². The molecule has 1 aliphatic heterocycles. The van der Waals surface area contributed by atoms with Gasteiger partial charge in [-0.2, -0.15) is 5.10 Å². The van der Waals surface area contributed by atoms with E-state index in [0.717, 1.165) is 26.1 Å². The zero-order valence-corrected chi connectivity index (χ0v) is 12.5. The summed E-state index contributed by atoms with van der Waals surface area (Å²) in [4.78, 5) is 0.307. The topological polar surface area (TPSA) is 73.2 Å². The summed E-state index contributed by atoms with van der Waals surface area (Å²) in [5, 5.41) is 4.15. The molecule has 1 aliphatic rings. The zero-order valence-electron chi connectivity index (χ0n) is 11.6. The Bertz CT molecular complexity index is 545. The van der Waals surface area contributed by atoms with Gasteiger partial charge in [0.25, 0.3) is 0 Å². The molecule has 1 N–H and O–H groups in total. The first-order valence-corrected chi connectivity index (χ1v) is 7.97. The molecule has 1 fully saturated rings. The van der Waals surface area contributed by atoms with Gasteiger partial charge in [-0.15, -0.1) is 0 Å². The molecule has 0 saturated carbocycles. The first-order chi connectivity index (χ1) is 8.92. The second kappa shape index (κ2) is 5.60. The summed E-state index contributed by atoms with van der Waals surface area (Å²) in [6.45, 7) is 5.40. The van der Waals surface area contributed by atoms with E-state index in [2.05, 4.69) is 9.82 Å². The van der Waals surface area contributed by atoms with Crippen LogP contribution < -0.4 is 4.72 Å². The summed E-state index contributed by atoms with van der Waals surface area (Å²) in [6, 6.07) is 0. The van der Waals surface area contributed by atoms with Crippen LogP contribution in [0, 0.1) is 19.8 Å². The Hall–Kier alpha value is -0.920. The minimum Gasteiger partial charge on any atom is -0.381 e. The van der Waals surface area contributed by atoms with Crippen molar-refractivity contribution in [3.63, 3.8) is 0 Å². The predicted molar refractivity (Wildman–Crippen MR) is 71.4 cm³/mol. The van der Waals surface area contributed by atoms with Crippen LogP contribution in [-0.2, 0) is 21.8 Å². The molecule has 19 heavy (non-hydrogen) atoms. The highest BCUT2D eigenvalue weighted by Gasteiger charge is 2.25.